The Labute approximate surface area is 237 Å². The van der Waals surface area contributed by atoms with Crippen molar-refractivity contribution in [3.8, 4) is 0 Å². The van der Waals surface area contributed by atoms with Crippen LogP contribution in [0.1, 0.15) is 43.2 Å². The highest BCUT2D eigenvalue weighted by Gasteiger charge is 2.34. The molecule has 1 saturated heterocycles. The zero-order valence-electron chi connectivity index (χ0n) is 24.3. The maximum absolute atomic E-state index is 14.6. The highest BCUT2D eigenvalue weighted by atomic mass is 19.1. The van der Waals surface area contributed by atoms with Gasteiger partial charge in [0.1, 0.15) is 11.1 Å². The van der Waals surface area contributed by atoms with Crippen LogP contribution < -0.4 is 10.2 Å². The number of pyridine rings is 1. The zero-order valence-corrected chi connectivity index (χ0v) is 24.3. The second kappa shape index (κ2) is 11.0. The minimum Gasteiger partial charge on any atom is -0.444 e. The number of amides is 2. The standard InChI is InChI=1S/C29H36FN7O4/c1-18-14-36-15-19(13-23(30)26(36)31-18)32-27(38)21-7-8-24(22-17-34(5)33-25(21)22)35-10-9-20(16-35)37(11-12-40-6)28(39)41-29(2,3)4/h7-8,13-15,17,20H,9-12,16H2,1-6H3,(H,32,38)/t20-/m1/s1. The molecular weight excluding hydrogens is 529 g/mol. The monoisotopic (exact) mass is 565 g/mol. The Morgan fingerprint density at radius 3 is 2.73 bits per heavy atom. The van der Waals surface area contributed by atoms with Gasteiger partial charge in [0.25, 0.3) is 5.91 Å². The molecule has 1 atom stereocenters. The van der Waals surface area contributed by atoms with Gasteiger partial charge in [0.2, 0.25) is 0 Å². The van der Waals surface area contributed by atoms with Gasteiger partial charge < -0.3 is 29.0 Å². The topological polar surface area (TPSA) is 106 Å². The SMILES string of the molecule is COCCN(C(=O)OC(C)(C)C)[C@@H]1CCN(c2ccc(C(=O)Nc3cc(F)c4nc(C)cn4c3)c3nn(C)cc23)C1. The van der Waals surface area contributed by atoms with E-state index in [2.05, 4.69) is 20.3 Å². The number of aryl methyl sites for hydroxylation is 2. The molecule has 0 unspecified atom stereocenters. The molecule has 1 aliphatic rings. The minimum absolute atomic E-state index is 0.0636. The molecule has 11 nitrogen and oxygen atoms in total. The van der Waals surface area contributed by atoms with Gasteiger partial charge in [-0.3, -0.25) is 9.48 Å². The van der Waals surface area contributed by atoms with E-state index in [1.165, 1.54) is 6.07 Å². The van der Waals surface area contributed by atoms with Gasteiger partial charge in [0.15, 0.2) is 11.5 Å². The van der Waals surface area contributed by atoms with Crippen molar-refractivity contribution < 1.29 is 23.5 Å². The number of halogens is 1. The Hall–Kier alpha value is -4.19. The average Bonchev–Trinajstić information content (AvgIpc) is 3.60. The van der Waals surface area contributed by atoms with E-state index in [1.807, 2.05) is 33.0 Å². The number of carbonyl (C=O) groups is 2. The minimum atomic E-state index is -0.603. The van der Waals surface area contributed by atoms with Gasteiger partial charge in [0.05, 0.1) is 29.6 Å². The predicted molar refractivity (Wildman–Crippen MR) is 154 cm³/mol. The van der Waals surface area contributed by atoms with Gasteiger partial charge in [-0.1, -0.05) is 0 Å². The van der Waals surface area contributed by atoms with Crippen molar-refractivity contribution in [2.75, 3.05) is 43.6 Å². The van der Waals surface area contributed by atoms with Crippen LogP contribution in [0, 0.1) is 12.7 Å². The number of nitrogens with zero attached hydrogens (tertiary/aromatic N) is 6. The molecule has 4 heterocycles. The van der Waals surface area contributed by atoms with Crippen molar-refractivity contribution >= 4 is 39.9 Å². The first-order valence-corrected chi connectivity index (χ1v) is 13.6. The maximum atomic E-state index is 14.6. The normalized spacial score (nSPS) is 15.6. The Morgan fingerprint density at radius 2 is 2.00 bits per heavy atom. The third kappa shape index (κ3) is 5.97. The number of ether oxygens (including phenoxy) is 2. The molecule has 1 aromatic carbocycles. The summed E-state index contributed by atoms with van der Waals surface area (Å²) in [7, 11) is 3.41. The van der Waals surface area contributed by atoms with E-state index in [0.29, 0.717) is 42.2 Å². The van der Waals surface area contributed by atoms with Crippen LogP contribution in [0.2, 0.25) is 0 Å². The second-order valence-corrected chi connectivity index (χ2v) is 11.4. The maximum Gasteiger partial charge on any atom is 0.410 e. The van der Waals surface area contributed by atoms with E-state index in [9.17, 15) is 14.0 Å². The van der Waals surface area contributed by atoms with E-state index < -0.39 is 17.3 Å². The van der Waals surface area contributed by atoms with Crippen LogP contribution in [0.3, 0.4) is 0 Å². The lowest BCUT2D eigenvalue weighted by atomic mass is 10.1. The largest absolute Gasteiger partial charge is 0.444 e. The molecule has 3 aromatic heterocycles. The predicted octanol–water partition coefficient (Wildman–Crippen LogP) is 4.38. The number of carbonyl (C=O) groups excluding carboxylic acids is 2. The number of imidazole rings is 1. The summed E-state index contributed by atoms with van der Waals surface area (Å²) in [6, 6.07) is 4.83. The Morgan fingerprint density at radius 1 is 1.22 bits per heavy atom. The second-order valence-electron chi connectivity index (χ2n) is 11.4. The zero-order chi connectivity index (χ0) is 29.5. The Kier molecular flexibility index (Phi) is 7.60. The van der Waals surface area contributed by atoms with Gasteiger partial charge in [0, 0.05) is 69.5 Å². The third-order valence-corrected chi connectivity index (χ3v) is 7.01. The lowest BCUT2D eigenvalue weighted by Crippen LogP contribution is -2.46. The molecule has 1 N–H and O–H groups in total. The molecule has 5 rings (SSSR count). The van der Waals surface area contributed by atoms with E-state index in [4.69, 9.17) is 9.47 Å². The van der Waals surface area contributed by atoms with E-state index in [-0.39, 0.29) is 17.8 Å². The van der Waals surface area contributed by atoms with Gasteiger partial charge in [-0.25, -0.2) is 14.2 Å². The number of rotatable bonds is 7. The highest BCUT2D eigenvalue weighted by molar-refractivity contribution is 6.13. The molecular formula is C29H36FN7O4. The fraction of sp³-hybridized carbons (Fsp3) is 0.448. The first kappa shape index (κ1) is 28.3. The van der Waals surface area contributed by atoms with Crippen LogP contribution in [0.4, 0.5) is 20.6 Å². The summed E-state index contributed by atoms with van der Waals surface area (Å²) in [5.41, 5.74) is 2.42. The van der Waals surface area contributed by atoms with E-state index >= 15 is 0 Å². The molecule has 4 aromatic rings. The summed E-state index contributed by atoms with van der Waals surface area (Å²) in [5.74, 6) is -0.922. The molecule has 41 heavy (non-hydrogen) atoms. The van der Waals surface area contributed by atoms with Gasteiger partial charge in [-0.15, -0.1) is 0 Å². The van der Waals surface area contributed by atoms with Gasteiger partial charge >= 0.3 is 6.09 Å². The smallest absolute Gasteiger partial charge is 0.410 e. The van der Waals surface area contributed by atoms with Crippen LogP contribution in [0.5, 0.6) is 0 Å². The highest BCUT2D eigenvalue weighted by Crippen LogP contribution is 2.33. The van der Waals surface area contributed by atoms with Crippen molar-refractivity contribution in [3.63, 3.8) is 0 Å². The molecule has 12 heteroatoms. The summed E-state index contributed by atoms with van der Waals surface area (Å²) in [6.45, 7) is 9.49. The number of methoxy groups -OCH3 is 1. The fourth-order valence-electron chi connectivity index (χ4n) is 5.26. The molecule has 1 aliphatic heterocycles. The number of nitrogens with one attached hydrogen (secondary N) is 1. The van der Waals surface area contributed by atoms with Gasteiger partial charge in [-0.2, -0.15) is 5.10 Å². The molecule has 0 bridgehead atoms. The van der Waals surface area contributed by atoms with Crippen molar-refractivity contribution in [1.29, 1.82) is 0 Å². The van der Waals surface area contributed by atoms with Gasteiger partial charge in [-0.05, 0) is 46.2 Å². The van der Waals surface area contributed by atoms with Crippen LogP contribution in [-0.2, 0) is 16.5 Å². The Bertz CT molecular complexity index is 1610. The number of hydrogen-bond donors (Lipinski definition) is 1. The van der Waals surface area contributed by atoms with Crippen LogP contribution in [-0.4, -0.2) is 81.1 Å². The lowest BCUT2D eigenvalue weighted by molar-refractivity contribution is 0.0123. The summed E-state index contributed by atoms with van der Waals surface area (Å²) < 4.78 is 28.7. The number of aromatic nitrogens is 4. The molecule has 0 saturated carbocycles. The molecule has 0 radical (unpaired) electrons. The quantitative estimate of drug-likeness (QED) is 0.354. The summed E-state index contributed by atoms with van der Waals surface area (Å²) in [5, 5.41) is 8.20. The fourth-order valence-corrected chi connectivity index (χ4v) is 5.26. The first-order valence-electron chi connectivity index (χ1n) is 13.6. The van der Waals surface area contributed by atoms with E-state index in [0.717, 1.165) is 24.0 Å². The molecule has 2 amide bonds. The summed E-state index contributed by atoms with van der Waals surface area (Å²) in [4.78, 5) is 34.5. The van der Waals surface area contributed by atoms with Crippen LogP contribution in [0.25, 0.3) is 16.6 Å². The summed E-state index contributed by atoms with van der Waals surface area (Å²) in [6.07, 6.45) is 5.60. The first-order chi connectivity index (χ1) is 19.4. The molecule has 1 fully saturated rings. The lowest BCUT2D eigenvalue weighted by Gasteiger charge is -2.31. The number of fused-ring (bicyclic) bond motifs is 2. The number of hydrogen-bond acceptors (Lipinski definition) is 7. The van der Waals surface area contributed by atoms with Crippen molar-refractivity contribution in [1.82, 2.24) is 24.1 Å². The average molecular weight is 566 g/mol. The van der Waals surface area contributed by atoms with Crippen molar-refractivity contribution in [3.05, 3.63) is 53.9 Å². The number of anilines is 2. The molecule has 218 valence electrons. The van der Waals surface area contributed by atoms with Crippen LogP contribution in [0.15, 0.2) is 36.8 Å². The Balaban J connectivity index is 1.39. The van der Waals surface area contributed by atoms with Crippen molar-refractivity contribution in [2.24, 2.45) is 7.05 Å². The molecule has 0 spiro atoms. The molecule has 0 aliphatic carbocycles. The van der Waals surface area contributed by atoms with Crippen molar-refractivity contribution in [2.45, 2.75) is 45.8 Å². The third-order valence-electron chi connectivity index (χ3n) is 7.01. The van der Waals surface area contributed by atoms with Crippen LogP contribution >= 0.6 is 0 Å². The summed E-state index contributed by atoms with van der Waals surface area (Å²) >= 11 is 0. The van der Waals surface area contributed by atoms with E-state index in [1.54, 1.807) is 53.5 Å². The number of benzene rings is 1.